The van der Waals surface area contributed by atoms with Gasteiger partial charge in [-0.2, -0.15) is 0 Å². The van der Waals surface area contributed by atoms with Crippen LogP contribution < -0.4 is 11.3 Å². The molecule has 3 N–H and O–H groups in total. The molecule has 32 heavy (non-hydrogen) atoms. The standard InChI is InChI=1S/C27H38N2O3/c1-6-11-22(25(30)29-28)21-17-16-19(2)18-24(21)23(26(31)32-27(3,4)5)15-10-14-20-12-8-7-9-13-20/h7-9,12-13,16-18,22-23H,6,10-11,14-15,28H2,1-5H3,(H,29,30)/t22-,23+/m1/s1. The molecule has 0 radical (unpaired) electrons. The van der Waals surface area contributed by atoms with Crippen molar-refractivity contribution in [2.45, 2.75) is 84.2 Å². The minimum Gasteiger partial charge on any atom is -0.459 e. The summed E-state index contributed by atoms with van der Waals surface area (Å²) < 4.78 is 5.81. The van der Waals surface area contributed by atoms with E-state index in [1.165, 1.54) is 5.56 Å². The smallest absolute Gasteiger partial charge is 0.313 e. The molecule has 5 heteroatoms. The largest absolute Gasteiger partial charge is 0.459 e. The number of ether oxygens (including phenoxy) is 1. The molecule has 1 amide bonds. The lowest BCUT2D eigenvalue weighted by atomic mass is 9.82. The molecule has 0 aliphatic rings. The highest BCUT2D eigenvalue weighted by molar-refractivity contribution is 5.85. The van der Waals surface area contributed by atoms with Crippen LogP contribution in [0.1, 0.15) is 87.5 Å². The van der Waals surface area contributed by atoms with Crippen LogP contribution in [0.15, 0.2) is 48.5 Å². The van der Waals surface area contributed by atoms with E-state index in [4.69, 9.17) is 10.6 Å². The maximum Gasteiger partial charge on any atom is 0.313 e. The molecule has 0 aliphatic heterocycles. The molecule has 2 aromatic carbocycles. The van der Waals surface area contributed by atoms with Crippen molar-refractivity contribution < 1.29 is 14.3 Å². The van der Waals surface area contributed by atoms with Crippen LogP contribution in [-0.4, -0.2) is 17.5 Å². The number of carbonyl (C=O) groups excluding carboxylic acids is 2. The zero-order valence-corrected chi connectivity index (χ0v) is 20.1. The molecule has 2 aromatic rings. The van der Waals surface area contributed by atoms with Crippen LogP contribution in [-0.2, 0) is 20.7 Å². The van der Waals surface area contributed by atoms with Gasteiger partial charge in [-0.05, 0) is 70.1 Å². The third-order valence-electron chi connectivity index (χ3n) is 5.52. The Morgan fingerprint density at radius 3 is 2.28 bits per heavy atom. The van der Waals surface area contributed by atoms with Gasteiger partial charge in [0.15, 0.2) is 0 Å². The second-order valence-electron chi connectivity index (χ2n) is 9.45. The van der Waals surface area contributed by atoms with Gasteiger partial charge >= 0.3 is 5.97 Å². The molecule has 0 aliphatic carbocycles. The zero-order valence-electron chi connectivity index (χ0n) is 20.1. The Kier molecular flexibility index (Phi) is 9.45. The summed E-state index contributed by atoms with van der Waals surface area (Å²) in [4.78, 5) is 25.9. The minimum atomic E-state index is -0.587. The topological polar surface area (TPSA) is 81.4 Å². The van der Waals surface area contributed by atoms with E-state index in [1.807, 2.05) is 71.0 Å². The van der Waals surface area contributed by atoms with Gasteiger partial charge in [0.25, 0.3) is 0 Å². The van der Waals surface area contributed by atoms with E-state index in [2.05, 4.69) is 17.6 Å². The van der Waals surface area contributed by atoms with Gasteiger partial charge < -0.3 is 4.74 Å². The summed E-state index contributed by atoms with van der Waals surface area (Å²) >= 11 is 0. The predicted molar refractivity (Wildman–Crippen MR) is 129 cm³/mol. The van der Waals surface area contributed by atoms with Gasteiger partial charge in [0.05, 0.1) is 11.8 Å². The normalized spacial score (nSPS) is 13.3. The molecule has 2 atom stereocenters. The Bertz CT molecular complexity index is 888. The van der Waals surface area contributed by atoms with E-state index in [9.17, 15) is 9.59 Å². The Balaban J connectivity index is 2.43. The van der Waals surface area contributed by atoms with Crippen LogP contribution in [0, 0.1) is 6.92 Å². The van der Waals surface area contributed by atoms with E-state index in [0.29, 0.717) is 12.8 Å². The second kappa shape index (κ2) is 11.8. The van der Waals surface area contributed by atoms with Gasteiger partial charge in [0.1, 0.15) is 5.60 Å². The van der Waals surface area contributed by atoms with Crippen molar-refractivity contribution in [3.8, 4) is 0 Å². The van der Waals surface area contributed by atoms with Crippen molar-refractivity contribution in [1.82, 2.24) is 5.43 Å². The number of rotatable bonds is 10. The molecular weight excluding hydrogens is 400 g/mol. The Labute approximate surface area is 192 Å². The number of hydrogen-bond acceptors (Lipinski definition) is 4. The van der Waals surface area contributed by atoms with E-state index in [-0.39, 0.29) is 11.9 Å². The molecule has 0 heterocycles. The quantitative estimate of drug-likeness (QED) is 0.228. The van der Waals surface area contributed by atoms with Gasteiger partial charge in [-0.15, -0.1) is 0 Å². The van der Waals surface area contributed by atoms with Crippen LogP contribution in [0.2, 0.25) is 0 Å². The number of nitrogens with two attached hydrogens (primary N) is 1. The van der Waals surface area contributed by atoms with E-state index in [1.54, 1.807) is 0 Å². The van der Waals surface area contributed by atoms with Crippen LogP contribution in [0.4, 0.5) is 0 Å². The Morgan fingerprint density at radius 2 is 1.69 bits per heavy atom. The monoisotopic (exact) mass is 438 g/mol. The molecule has 0 bridgehead atoms. The lowest BCUT2D eigenvalue weighted by Gasteiger charge is -2.27. The number of hydrazine groups is 1. The molecule has 5 nitrogen and oxygen atoms in total. The SMILES string of the molecule is CCC[C@@H](C(=O)NN)c1ccc(C)cc1[C@H](CCCc1ccccc1)C(=O)OC(C)(C)C. The van der Waals surface area contributed by atoms with E-state index >= 15 is 0 Å². The molecule has 0 spiro atoms. The summed E-state index contributed by atoms with van der Waals surface area (Å²) in [5.41, 5.74) is 5.73. The lowest BCUT2D eigenvalue weighted by Crippen LogP contribution is -2.35. The number of nitrogens with one attached hydrogen (secondary N) is 1. The number of aryl methyl sites for hydroxylation is 2. The fourth-order valence-corrected chi connectivity index (χ4v) is 4.06. The Hall–Kier alpha value is -2.66. The summed E-state index contributed by atoms with van der Waals surface area (Å²) in [5, 5.41) is 0. The molecule has 0 fully saturated rings. The van der Waals surface area contributed by atoms with E-state index < -0.39 is 17.4 Å². The summed E-state index contributed by atoms with van der Waals surface area (Å²) in [6, 6.07) is 16.2. The molecule has 2 rings (SSSR count). The summed E-state index contributed by atoms with van der Waals surface area (Å²) in [7, 11) is 0. The van der Waals surface area contributed by atoms with Crippen molar-refractivity contribution >= 4 is 11.9 Å². The van der Waals surface area contributed by atoms with Crippen LogP contribution in [0.3, 0.4) is 0 Å². The third-order valence-corrected chi connectivity index (χ3v) is 5.52. The molecule has 0 aromatic heterocycles. The first kappa shape index (κ1) is 25.6. The highest BCUT2D eigenvalue weighted by Crippen LogP contribution is 2.35. The van der Waals surface area contributed by atoms with Gasteiger partial charge in [-0.1, -0.05) is 67.4 Å². The van der Waals surface area contributed by atoms with Crippen molar-refractivity contribution in [1.29, 1.82) is 0 Å². The first-order valence-electron chi connectivity index (χ1n) is 11.5. The fraction of sp³-hybridized carbons (Fsp3) is 0.481. The van der Waals surface area contributed by atoms with Gasteiger partial charge in [0, 0.05) is 0 Å². The fourth-order valence-electron chi connectivity index (χ4n) is 4.06. The first-order valence-corrected chi connectivity index (χ1v) is 11.5. The van der Waals surface area contributed by atoms with Crippen LogP contribution in [0.5, 0.6) is 0 Å². The lowest BCUT2D eigenvalue weighted by molar-refractivity contribution is -0.157. The summed E-state index contributed by atoms with van der Waals surface area (Å²) in [5.74, 6) is 4.16. The predicted octanol–water partition coefficient (Wildman–Crippen LogP) is 5.32. The van der Waals surface area contributed by atoms with Crippen LogP contribution in [0.25, 0.3) is 0 Å². The van der Waals surface area contributed by atoms with Crippen molar-refractivity contribution in [2.24, 2.45) is 5.84 Å². The Morgan fingerprint density at radius 1 is 1.00 bits per heavy atom. The van der Waals surface area contributed by atoms with Crippen molar-refractivity contribution in [3.05, 3.63) is 70.8 Å². The number of amides is 1. The first-order chi connectivity index (χ1) is 15.2. The third kappa shape index (κ3) is 7.49. The van der Waals surface area contributed by atoms with Crippen molar-refractivity contribution in [3.63, 3.8) is 0 Å². The maximum absolute atomic E-state index is 13.3. The van der Waals surface area contributed by atoms with Crippen molar-refractivity contribution in [2.75, 3.05) is 0 Å². The molecule has 0 saturated carbocycles. The second-order valence-corrected chi connectivity index (χ2v) is 9.45. The van der Waals surface area contributed by atoms with E-state index in [0.717, 1.165) is 36.0 Å². The molecule has 0 saturated heterocycles. The van der Waals surface area contributed by atoms with Crippen LogP contribution >= 0.6 is 0 Å². The summed E-state index contributed by atoms with van der Waals surface area (Å²) in [6.07, 6.45) is 3.84. The van der Waals surface area contributed by atoms with Gasteiger partial charge in [-0.25, -0.2) is 5.84 Å². The van der Waals surface area contributed by atoms with Gasteiger partial charge in [-0.3, -0.25) is 15.0 Å². The molecule has 174 valence electrons. The maximum atomic E-state index is 13.3. The molecule has 0 unspecified atom stereocenters. The highest BCUT2D eigenvalue weighted by atomic mass is 16.6. The zero-order chi connectivity index (χ0) is 23.7. The van der Waals surface area contributed by atoms with Gasteiger partial charge in [0.2, 0.25) is 5.91 Å². The number of benzene rings is 2. The average Bonchev–Trinajstić information content (AvgIpc) is 2.74. The number of esters is 1. The summed E-state index contributed by atoms with van der Waals surface area (Å²) in [6.45, 7) is 9.68. The average molecular weight is 439 g/mol. The highest BCUT2D eigenvalue weighted by Gasteiger charge is 2.31. The number of hydrogen-bond donors (Lipinski definition) is 2. The molecular formula is C27H38N2O3. The minimum absolute atomic E-state index is 0.232. The number of carbonyl (C=O) groups is 2.